The summed E-state index contributed by atoms with van der Waals surface area (Å²) < 4.78 is 5.27. The maximum atomic E-state index is 11.7. The molecule has 4 nitrogen and oxygen atoms in total. The number of unbranched alkanes of at least 4 members (excludes halogenated alkanes) is 1. The third kappa shape index (κ3) is 6.08. The lowest BCUT2D eigenvalue weighted by atomic mass is 9.89. The van der Waals surface area contributed by atoms with Crippen LogP contribution in [0.25, 0.3) is 0 Å². The smallest absolute Gasteiger partial charge is 0.308 e. The molecular weight excluding hydrogens is 244 g/mol. The van der Waals surface area contributed by atoms with E-state index in [1.807, 2.05) is 6.92 Å². The Bertz CT molecular complexity index is 282. The first-order valence-electron chi connectivity index (χ1n) is 7.54. The van der Waals surface area contributed by atoms with Gasteiger partial charge in [0.25, 0.3) is 0 Å². The standard InChI is InChI=1S/C15H26O4/c1-2-12(14(16)17)8-6-7-11-19-15(18)13-9-4-3-5-10-13/h12-13H,2-11H2,1H3,(H,16,17). The summed E-state index contributed by atoms with van der Waals surface area (Å²) in [5, 5.41) is 8.90. The van der Waals surface area contributed by atoms with Gasteiger partial charge in [-0.2, -0.15) is 0 Å². The Hall–Kier alpha value is -1.06. The maximum Gasteiger partial charge on any atom is 0.308 e. The van der Waals surface area contributed by atoms with Gasteiger partial charge in [0.1, 0.15) is 0 Å². The molecule has 1 aliphatic carbocycles. The van der Waals surface area contributed by atoms with Crippen LogP contribution in [0.2, 0.25) is 0 Å². The molecule has 1 rings (SSSR count). The molecule has 1 unspecified atom stereocenters. The molecule has 1 N–H and O–H groups in total. The van der Waals surface area contributed by atoms with Crippen molar-refractivity contribution in [3.8, 4) is 0 Å². The van der Waals surface area contributed by atoms with E-state index in [-0.39, 0.29) is 17.8 Å². The number of aliphatic carboxylic acids is 1. The molecule has 0 radical (unpaired) electrons. The molecule has 0 aromatic heterocycles. The first-order chi connectivity index (χ1) is 9.15. The van der Waals surface area contributed by atoms with E-state index < -0.39 is 5.97 Å². The first-order valence-corrected chi connectivity index (χ1v) is 7.54. The number of carboxylic acid groups (broad SMARTS) is 1. The van der Waals surface area contributed by atoms with Crippen molar-refractivity contribution in [2.75, 3.05) is 6.61 Å². The molecule has 0 heterocycles. The SMILES string of the molecule is CCC(CCCCOC(=O)C1CCCCC1)C(=O)O. The highest BCUT2D eigenvalue weighted by Gasteiger charge is 2.22. The summed E-state index contributed by atoms with van der Waals surface area (Å²) in [4.78, 5) is 22.6. The van der Waals surface area contributed by atoms with E-state index in [9.17, 15) is 9.59 Å². The van der Waals surface area contributed by atoms with E-state index in [4.69, 9.17) is 9.84 Å². The van der Waals surface area contributed by atoms with E-state index in [0.29, 0.717) is 19.4 Å². The summed E-state index contributed by atoms with van der Waals surface area (Å²) in [7, 11) is 0. The van der Waals surface area contributed by atoms with E-state index >= 15 is 0 Å². The number of ether oxygens (including phenoxy) is 1. The van der Waals surface area contributed by atoms with Gasteiger partial charge in [-0.3, -0.25) is 9.59 Å². The maximum absolute atomic E-state index is 11.7. The molecule has 0 aliphatic heterocycles. The molecule has 0 aromatic rings. The predicted octanol–water partition coefficient (Wildman–Crippen LogP) is 3.39. The van der Waals surface area contributed by atoms with Crippen LogP contribution in [0.1, 0.15) is 64.7 Å². The van der Waals surface area contributed by atoms with Gasteiger partial charge >= 0.3 is 11.9 Å². The van der Waals surface area contributed by atoms with Gasteiger partial charge in [0.2, 0.25) is 0 Å². The molecule has 1 atom stereocenters. The lowest BCUT2D eigenvalue weighted by molar-refractivity contribution is -0.150. The second-order valence-electron chi connectivity index (χ2n) is 5.44. The first kappa shape index (κ1) is 16.0. The number of hydrogen-bond donors (Lipinski definition) is 1. The number of esters is 1. The van der Waals surface area contributed by atoms with Gasteiger partial charge in [-0.25, -0.2) is 0 Å². The fraction of sp³-hybridized carbons (Fsp3) is 0.867. The monoisotopic (exact) mass is 270 g/mol. The van der Waals surface area contributed by atoms with Crippen LogP contribution in [0.15, 0.2) is 0 Å². The van der Waals surface area contributed by atoms with Gasteiger partial charge in [-0.1, -0.05) is 26.2 Å². The van der Waals surface area contributed by atoms with Crippen LogP contribution in [-0.2, 0) is 14.3 Å². The van der Waals surface area contributed by atoms with Crippen LogP contribution in [0.4, 0.5) is 0 Å². The van der Waals surface area contributed by atoms with Crippen LogP contribution in [-0.4, -0.2) is 23.7 Å². The van der Waals surface area contributed by atoms with Crippen molar-refractivity contribution < 1.29 is 19.4 Å². The lowest BCUT2D eigenvalue weighted by Gasteiger charge is -2.19. The fourth-order valence-corrected chi connectivity index (χ4v) is 2.62. The zero-order chi connectivity index (χ0) is 14.1. The van der Waals surface area contributed by atoms with Gasteiger partial charge in [0.05, 0.1) is 18.4 Å². The van der Waals surface area contributed by atoms with Crippen molar-refractivity contribution in [3.63, 3.8) is 0 Å². The number of carbonyl (C=O) groups is 2. The third-order valence-corrected chi connectivity index (χ3v) is 3.97. The van der Waals surface area contributed by atoms with Crippen molar-refractivity contribution >= 4 is 11.9 Å². The molecule has 1 saturated carbocycles. The van der Waals surface area contributed by atoms with Gasteiger partial charge in [0.15, 0.2) is 0 Å². The largest absolute Gasteiger partial charge is 0.481 e. The number of rotatable bonds is 8. The van der Waals surface area contributed by atoms with Gasteiger partial charge in [-0.15, -0.1) is 0 Å². The molecule has 19 heavy (non-hydrogen) atoms. The summed E-state index contributed by atoms with van der Waals surface area (Å²) in [5.41, 5.74) is 0. The minimum absolute atomic E-state index is 0.0509. The van der Waals surface area contributed by atoms with Crippen molar-refractivity contribution in [1.82, 2.24) is 0 Å². The van der Waals surface area contributed by atoms with E-state index in [2.05, 4.69) is 0 Å². The summed E-state index contributed by atoms with van der Waals surface area (Å²) in [6.45, 7) is 2.33. The Balaban J connectivity index is 2.06. The quantitative estimate of drug-likeness (QED) is 0.542. The Morgan fingerprint density at radius 1 is 1.21 bits per heavy atom. The zero-order valence-corrected chi connectivity index (χ0v) is 11.9. The number of hydrogen-bond acceptors (Lipinski definition) is 3. The molecular formula is C15H26O4. The molecule has 1 aliphatic rings. The molecule has 0 amide bonds. The molecule has 0 aromatic carbocycles. The fourth-order valence-electron chi connectivity index (χ4n) is 2.62. The highest BCUT2D eigenvalue weighted by atomic mass is 16.5. The van der Waals surface area contributed by atoms with E-state index in [1.54, 1.807) is 0 Å². The molecule has 4 heteroatoms. The highest BCUT2D eigenvalue weighted by Crippen LogP contribution is 2.24. The number of carbonyl (C=O) groups excluding carboxylic acids is 1. The van der Waals surface area contributed by atoms with Crippen molar-refractivity contribution in [3.05, 3.63) is 0 Å². The molecule has 0 spiro atoms. The lowest BCUT2D eigenvalue weighted by Crippen LogP contribution is -2.20. The van der Waals surface area contributed by atoms with E-state index in [1.165, 1.54) is 6.42 Å². The predicted molar refractivity (Wildman–Crippen MR) is 72.8 cm³/mol. The summed E-state index contributed by atoms with van der Waals surface area (Å²) in [6, 6.07) is 0. The van der Waals surface area contributed by atoms with Crippen molar-refractivity contribution in [1.29, 1.82) is 0 Å². The molecule has 0 saturated heterocycles. The summed E-state index contributed by atoms with van der Waals surface area (Å²) in [6.07, 6.45) is 8.35. The summed E-state index contributed by atoms with van der Waals surface area (Å²) >= 11 is 0. The second-order valence-corrected chi connectivity index (χ2v) is 5.44. The minimum Gasteiger partial charge on any atom is -0.481 e. The minimum atomic E-state index is -0.721. The Morgan fingerprint density at radius 2 is 1.89 bits per heavy atom. The van der Waals surface area contributed by atoms with Crippen molar-refractivity contribution in [2.45, 2.75) is 64.7 Å². The van der Waals surface area contributed by atoms with Crippen LogP contribution in [0.5, 0.6) is 0 Å². The average molecular weight is 270 g/mol. The van der Waals surface area contributed by atoms with Crippen molar-refractivity contribution in [2.24, 2.45) is 11.8 Å². The Kier molecular flexibility index (Phi) is 7.53. The molecule has 1 fully saturated rings. The normalized spacial score (nSPS) is 17.9. The second kappa shape index (κ2) is 8.94. The van der Waals surface area contributed by atoms with Crippen LogP contribution in [0, 0.1) is 11.8 Å². The van der Waals surface area contributed by atoms with Crippen LogP contribution >= 0.6 is 0 Å². The Morgan fingerprint density at radius 3 is 2.47 bits per heavy atom. The zero-order valence-electron chi connectivity index (χ0n) is 11.9. The van der Waals surface area contributed by atoms with Gasteiger partial charge in [0, 0.05) is 0 Å². The number of carboxylic acids is 1. The Labute approximate surface area is 115 Å². The topological polar surface area (TPSA) is 63.6 Å². The van der Waals surface area contributed by atoms with E-state index in [0.717, 1.165) is 38.5 Å². The molecule has 110 valence electrons. The van der Waals surface area contributed by atoms with Gasteiger partial charge in [-0.05, 0) is 38.5 Å². The van der Waals surface area contributed by atoms with Crippen LogP contribution < -0.4 is 0 Å². The third-order valence-electron chi connectivity index (χ3n) is 3.97. The van der Waals surface area contributed by atoms with Crippen LogP contribution in [0.3, 0.4) is 0 Å². The molecule has 0 bridgehead atoms. The summed E-state index contributed by atoms with van der Waals surface area (Å²) in [5.74, 6) is -0.920. The van der Waals surface area contributed by atoms with Gasteiger partial charge < -0.3 is 9.84 Å². The average Bonchev–Trinajstić information content (AvgIpc) is 2.43. The highest BCUT2D eigenvalue weighted by molar-refractivity contribution is 5.72.